The van der Waals surface area contributed by atoms with Crippen molar-refractivity contribution in [3.05, 3.63) is 58.2 Å². The van der Waals surface area contributed by atoms with Gasteiger partial charge < -0.3 is 14.6 Å². The maximum Gasteiger partial charge on any atom is 0.430 e. The number of aliphatic hydroxyl groups is 1. The Balaban J connectivity index is 1.65. The molecule has 0 saturated heterocycles. The van der Waals surface area contributed by atoms with Crippen molar-refractivity contribution in [2.24, 2.45) is 17.3 Å². The van der Waals surface area contributed by atoms with E-state index in [-0.39, 0.29) is 29.0 Å². The highest BCUT2D eigenvalue weighted by Gasteiger charge is 2.71. The molecule has 0 bridgehead atoms. The monoisotopic (exact) mass is 572 g/mol. The second kappa shape index (κ2) is 9.70. The van der Waals surface area contributed by atoms with Crippen molar-refractivity contribution in [1.29, 1.82) is 0 Å². The Labute approximate surface area is 229 Å². The first kappa shape index (κ1) is 29.3. The number of hydrogen-bond donors (Lipinski definition) is 1. The number of fused-ring (bicyclic) bond motifs is 4. The number of hydrogen-bond acceptors (Lipinski definition) is 4. The Kier molecular flexibility index (Phi) is 7.11. The zero-order valence-electron chi connectivity index (χ0n) is 22.7. The van der Waals surface area contributed by atoms with E-state index in [0.29, 0.717) is 31.4 Å². The molecule has 220 valence electrons. The maximum atomic E-state index is 13.5. The number of halogens is 6. The van der Waals surface area contributed by atoms with Crippen LogP contribution in [-0.4, -0.2) is 49.7 Å². The largest absolute Gasteiger partial charge is 0.430 e. The number of carbonyl (C=O) groups excluding carboxylic acids is 1. The Bertz CT molecular complexity index is 1220. The van der Waals surface area contributed by atoms with Crippen LogP contribution >= 0.6 is 0 Å². The molecule has 2 fully saturated rings. The SMILES string of the molecule is COC[C@]1(OC)CC[C@H]2[C@@H]3CCC4=CC(=O)CCC4=C3[C@@H](c3ccc(C(O)(C(F)(F)F)C(F)(F)F)cc3)C[C@@]21C. The van der Waals surface area contributed by atoms with Crippen LogP contribution in [0.5, 0.6) is 0 Å². The van der Waals surface area contributed by atoms with Gasteiger partial charge in [0.1, 0.15) is 0 Å². The number of alkyl halides is 6. The highest BCUT2D eigenvalue weighted by Crippen LogP contribution is 2.67. The first-order valence-electron chi connectivity index (χ1n) is 13.6. The first-order chi connectivity index (χ1) is 18.6. The molecule has 0 spiro atoms. The number of ether oxygens (including phenoxy) is 2. The molecule has 0 amide bonds. The maximum absolute atomic E-state index is 13.5. The van der Waals surface area contributed by atoms with E-state index in [0.717, 1.165) is 54.5 Å². The lowest BCUT2D eigenvalue weighted by Gasteiger charge is -2.55. The fraction of sp³-hybridized carbons (Fsp3) is 0.633. The molecule has 40 heavy (non-hydrogen) atoms. The van der Waals surface area contributed by atoms with Gasteiger partial charge >= 0.3 is 12.4 Å². The number of allylic oxidation sites excluding steroid dienone is 4. The summed E-state index contributed by atoms with van der Waals surface area (Å²) in [5, 5.41) is 9.92. The van der Waals surface area contributed by atoms with Crippen molar-refractivity contribution in [1.82, 2.24) is 0 Å². The number of methoxy groups -OCH3 is 2. The van der Waals surface area contributed by atoms with Crippen LogP contribution in [0.15, 0.2) is 47.1 Å². The van der Waals surface area contributed by atoms with Crippen LogP contribution in [0.4, 0.5) is 26.3 Å². The number of ketones is 1. The Morgan fingerprint density at radius 3 is 2.20 bits per heavy atom. The smallest absolute Gasteiger partial charge is 0.382 e. The van der Waals surface area contributed by atoms with Gasteiger partial charge in [0.2, 0.25) is 0 Å². The van der Waals surface area contributed by atoms with E-state index < -0.39 is 29.1 Å². The summed E-state index contributed by atoms with van der Waals surface area (Å²) in [5.41, 5.74) is -3.40. The normalized spacial score (nSPS) is 32.9. The molecule has 5 atom stereocenters. The molecule has 4 aliphatic carbocycles. The average molecular weight is 573 g/mol. The Hall–Kier alpha value is -2.17. The molecule has 0 aromatic heterocycles. The van der Waals surface area contributed by atoms with Crippen LogP contribution in [0.2, 0.25) is 0 Å². The van der Waals surface area contributed by atoms with E-state index in [1.807, 2.05) is 0 Å². The van der Waals surface area contributed by atoms with Gasteiger partial charge in [-0.1, -0.05) is 36.8 Å². The van der Waals surface area contributed by atoms with Gasteiger partial charge in [-0.05, 0) is 73.1 Å². The summed E-state index contributed by atoms with van der Waals surface area (Å²) < 4.78 is 93.0. The van der Waals surface area contributed by atoms with E-state index in [1.54, 1.807) is 20.3 Å². The lowest BCUT2D eigenvalue weighted by atomic mass is 9.51. The van der Waals surface area contributed by atoms with Crippen molar-refractivity contribution in [2.75, 3.05) is 20.8 Å². The quantitative estimate of drug-likeness (QED) is 0.389. The summed E-state index contributed by atoms with van der Waals surface area (Å²) >= 11 is 0. The topological polar surface area (TPSA) is 55.8 Å². The molecule has 1 N–H and O–H groups in total. The molecule has 0 unspecified atom stereocenters. The third kappa shape index (κ3) is 4.11. The minimum absolute atomic E-state index is 0.0669. The molecule has 0 heterocycles. The van der Waals surface area contributed by atoms with Gasteiger partial charge in [0, 0.05) is 37.5 Å². The fourth-order valence-electron chi connectivity index (χ4n) is 8.35. The van der Waals surface area contributed by atoms with E-state index in [2.05, 4.69) is 6.92 Å². The number of rotatable bonds is 5. The van der Waals surface area contributed by atoms with Crippen molar-refractivity contribution in [3.63, 3.8) is 0 Å². The van der Waals surface area contributed by atoms with Crippen LogP contribution < -0.4 is 0 Å². The van der Waals surface area contributed by atoms with Crippen molar-refractivity contribution >= 4 is 5.78 Å². The van der Waals surface area contributed by atoms with E-state index in [9.17, 15) is 36.2 Å². The fourth-order valence-corrected chi connectivity index (χ4v) is 8.35. The molecule has 4 aliphatic rings. The van der Waals surface area contributed by atoms with Crippen LogP contribution in [0.3, 0.4) is 0 Å². The zero-order valence-corrected chi connectivity index (χ0v) is 22.7. The highest BCUT2D eigenvalue weighted by molar-refractivity contribution is 5.93. The molecule has 4 nitrogen and oxygen atoms in total. The van der Waals surface area contributed by atoms with Gasteiger partial charge in [-0.25, -0.2) is 0 Å². The highest BCUT2D eigenvalue weighted by atomic mass is 19.4. The van der Waals surface area contributed by atoms with E-state index >= 15 is 0 Å². The standard InChI is InChI=1S/C30H34F6O4/c1-26-15-23(17-4-7-19(8-5-17)28(38,29(31,32)33)30(34,35)36)25-21-11-9-20(37)14-18(21)6-10-22(25)24(26)12-13-27(26,40-3)16-39-2/h4-5,7-8,14,22-24,38H,6,9-13,15-16H2,1-3H3/t22-,23+,24-,26-,27+/m0/s1. The third-order valence-corrected chi connectivity index (χ3v) is 10.3. The molecular weight excluding hydrogens is 538 g/mol. The summed E-state index contributed by atoms with van der Waals surface area (Å²) in [5.74, 6) is 0.152. The lowest BCUT2D eigenvalue weighted by molar-refractivity contribution is -0.376. The Morgan fingerprint density at radius 2 is 1.62 bits per heavy atom. The van der Waals surface area contributed by atoms with E-state index in [1.165, 1.54) is 12.1 Å². The second-order valence-electron chi connectivity index (χ2n) is 12.0. The number of benzene rings is 1. The van der Waals surface area contributed by atoms with Crippen molar-refractivity contribution in [3.8, 4) is 0 Å². The lowest BCUT2D eigenvalue weighted by Crippen LogP contribution is -2.54. The van der Waals surface area contributed by atoms with Crippen LogP contribution in [0.25, 0.3) is 0 Å². The summed E-state index contributed by atoms with van der Waals surface area (Å²) in [7, 11) is 3.27. The molecule has 5 rings (SSSR count). The molecule has 1 aromatic carbocycles. The zero-order chi connectivity index (χ0) is 29.3. The molecule has 1 aromatic rings. The minimum atomic E-state index is -5.95. The van der Waals surface area contributed by atoms with Gasteiger partial charge in [-0.2, -0.15) is 26.3 Å². The minimum Gasteiger partial charge on any atom is -0.382 e. The summed E-state index contributed by atoms with van der Waals surface area (Å²) in [4.78, 5) is 12.2. The van der Waals surface area contributed by atoms with Crippen molar-refractivity contribution < 1.29 is 45.7 Å². The molecule has 2 saturated carbocycles. The predicted octanol–water partition coefficient (Wildman–Crippen LogP) is 6.93. The molecule has 0 radical (unpaired) electrons. The third-order valence-electron chi connectivity index (χ3n) is 10.3. The molecule has 0 aliphatic heterocycles. The second-order valence-corrected chi connectivity index (χ2v) is 12.0. The van der Waals surface area contributed by atoms with Gasteiger partial charge in [0.25, 0.3) is 5.60 Å². The van der Waals surface area contributed by atoms with Gasteiger partial charge in [-0.3, -0.25) is 4.79 Å². The van der Waals surface area contributed by atoms with Gasteiger partial charge in [0.05, 0.1) is 12.2 Å². The Morgan fingerprint density at radius 1 is 0.975 bits per heavy atom. The van der Waals surface area contributed by atoms with Crippen LogP contribution in [0, 0.1) is 17.3 Å². The summed E-state index contributed by atoms with van der Waals surface area (Å²) in [6, 6.07) is 4.04. The summed E-state index contributed by atoms with van der Waals surface area (Å²) in [6.07, 6.45) is -5.46. The van der Waals surface area contributed by atoms with Crippen LogP contribution in [-0.2, 0) is 19.9 Å². The van der Waals surface area contributed by atoms with Crippen LogP contribution in [0.1, 0.15) is 68.9 Å². The number of carbonyl (C=O) groups is 1. The van der Waals surface area contributed by atoms with Gasteiger partial charge in [0.15, 0.2) is 5.78 Å². The predicted molar refractivity (Wildman–Crippen MR) is 134 cm³/mol. The summed E-state index contributed by atoms with van der Waals surface area (Å²) in [6.45, 7) is 2.53. The van der Waals surface area contributed by atoms with E-state index in [4.69, 9.17) is 9.47 Å². The average Bonchev–Trinajstić information content (AvgIpc) is 3.18. The molecular formula is C30H34F6O4. The van der Waals surface area contributed by atoms with Crippen molar-refractivity contribution in [2.45, 2.75) is 81.3 Å². The molecule has 10 heteroatoms. The first-order valence-corrected chi connectivity index (χ1v) is 13.6. The van der Waals surface area contributed by atoms with Gasteiger partial charge in [-0.15, -0.1) is 0 Å².